The molecule has 1 aromatic heterocycles. The van der Waals surface area contributed by atoms with Gasteiger partial charge in [-0.3, -0.25) is 0 Å². The van der Waals surface area contributed by atoms with Crippen molar-refractivity contribution in [1.82, 2.24) is 4.98 Å². The number of benzene rings is 1. The normalized spacial score (nSPS) is 9.74. The second kappa shape index (κ2) is 5.72. The Morgan fingerprint density at radius 3 is 2.32 bits per heavy atom. The van der Waals surface area contributed by atoms with Crippen molar-refractivity contribution in [2.45, 2.75) is 0 Å². The lowest BCUT2D eigenvalue weighted by Crippen LogP contribution is -2.19. The van der Waals surface area contributed by atoms with Crippen LogP contribution in [0.25, 0.3) is 0 Å². The van der Waals surface area contributed by atoms with Crippen LogP contribution < -0.4 is 21.1 Å². The molecule has 4 N–H and O–H groups in total. The van der Waals surface area contributed by atoms with Gasteiger partial charge in [-0.2, -0.15) is 0 Å². The molecule has 0 bridgehead atoms. The largest absolute Gasteiger partial charge is 0.497 e. The molecule has 0 saturated carbocycles. The molecular formula is C13H14N4O2. The van der Waals surface area contributed by atoms with Crippen LogP contribution in [0.5, 0.6) is 5.75 Å². The summed E-state index contributed by atoms with van der Waals surface area (Å²) in [6.45, 7) is 0. The number of nitrogen functional groups attached to an aromatic ring is 1. The summed E-state index contributed by atoms with van der Waals surface area (Å²) in [6, 6.07) is 9.97. The number of hydrogen-bond acceptors (Lipinski definition) is 4. The summed E-state index contributed by atoms with van der Waals surface area (Å²) >= 11 is 0. The van der Waals surface area contributed by atoms with Gasteiger partial charge >= 0.3 is 6.03 Å². The first-order chi connectivity index (χ1) is 9.17. The second-order valence-corrected chi connectivity index (χ2v) is 3.78. The van der Waals surface area contributed by atoms with E-state index < -0.39 is 0 Å². The van der Waals surface area contributed by atoms with E-state index in [1.807, 2.05) is 0 Å². The highest BCUT2D eigenvalue weighted by Crippen LogP contribution is 2.15. The number of hydrogen-bond donors (Lipinski definition) is 3. The van der Waals surface area contributed by atoms with Crippen LogP contribution in [0, 0.1) is 0 Å². The van der Waals surface area contributed by atoms with Crippen LogP contribution in [-0.4, -0.2) is 18.1 Å². The van der Waals surface area contributed by atoms with Crippen molar-refractivity contribution in [2.24, 2.45) is 0 Å². The molecule has 98 valence electrons. The van der Waals surface area contributed by atoms with Crippen molar-refractivity contribution in [3.8, 4) is 5.75 Å². The van der Waals surface area contributed by atoms with E-state index in [0.717, 1.165) is 5.75 Å². The molecular weight excluding hydrogens is 244 g/mol. The Balaban J connectivity index is 1.95. The van der Waals surface area contributed by atoms with Gasteiger partial charge in [-0.05, 0) is 36.4 Å². The number of urea groups is 1. The zero-order valence-corrected chi connectivity index (χ0v) is 10.4. The van der Waals surface area contributed by atoms with Gasteiger partial charge in [-0.25, -0.2) is 9.78 Å². The van der Waals surface area contributed by atoms with Crippen LogP contribution in [-0.2, 0) is 0 Å². The van der Waals surface area contributed by atoms with Gasteiger partial charge in [0.2, 0.25) is 0 Å². The number of carbonyl (C=O) groups excluding carboxylic acids is 1. The summed E-state index contributed by atoms with van der Waals surface area (Å²) in [4.78, 5) is 15.6. The third kappa shape index (κ3) is 3.60. The number of amides is 2. The number of nitrogens with two attached hydrogens (primary N) is 1. The van der Waals surface area contributed by atoms with E-state index in [0.29, 0.717) is 17.2 Å². The highest BCUT2D eigenvalue weighted by atomic mass is 16.5. The Kier molecular flexibility index (Phi) is 3.82. The van der Waals surface area contributed by atoms with Crippen LogP contribution in [0.1, 0.15) is 0 Å². The number of nitrogens with one attached hydrogen (secondary N) is 2. The first kappa shape index (κ1) is 12.7. The van der Waals surface area contributed by atoms with E-state index in [4.69, 9.17) is 10.5 Å². The van der Waals surface area contributed by atoms with Gasteiger partial charge in [0.25, 0.3) is 0 Å². The monoisotopic (exact) mass is 258 g/mol. The van der Waals surface area contributed by atoms with Crippen molar-refractivity contribution in [2.75, 3.05) is 23.5 Å². The molecule has 0 fully saturated rings. The van der Waals surface area contributed by atoms with E-state index in [-0.39, 0.29) is 6.03 Å². The number of rotatable bonds is 3. The zero-order chi connectivity index (χ0) is 13.7. The lowest BCUT2D eigenvalue weighted by atomic mass is 10.3. The van der Waals surface area contributed by atoms with Crippen molar-refractivity contribution >= 4 is 23.2 Å². The SMILES string of the molecule is COc1ccc(NC(=O)Nc2ccc(N)nc2)cc1. The topological polar surface area (TPSA) is 89.3 Å². The van der Waals surface area contributed by atoms with Crippen LogP contribution in [0.3, 0.4) is 0 Å². The van der Waals surface area contributed by atoms with Gasteiger partial charge in [-0.1, -0.05) is 0 Å². The second-order valence-electron chi connectivity index (χ2n) is 3.78. The van der Waals surface area contributed by atoms with Gasteiger partial charge in [0.15, 0.2) is 0 Å². The molecule has 0 spiro atoms. The minimum Gasteiger partial charge on any atom is -0.497 e. The summed E-state index contributed by atoms with van der Waals surface area (Å²) in [5.41, 5.74) is 6.69. The molecule has 0 atom stereocenters. The van der Waals surface area contributed by atoms with Crippen LogP contribution in [0.2, 0.25) is 0 Å². The van der Waals surface area contributed by atoms with E-state index in [1.54, 1.807) is 43.5 Å². The summed E-state index contributed by atoms with van der Waals surface area (Å²) in [5, 5.41) is 5.34. The first-order valence-corrected chi connectivity index (χ1v) is 5.61. The predicted octanol–water partition coefficient (Wildman–Crippen LogP) is 2.32. The molecule has 6 nitrogen and oxygen atoms in total. The molecule has 2 amide bonds. The molecule has 6 heteroatoms. The van der Waals surface area contributed by atoms with E-state index in [2.05, 4.69) is 15.6 Å². The smallest absolute Gasteiger partial charge is 0.323 e. The maximum atomic E-state index is 11.7. The molecule has 0 aliphatic rings. The molecule has 0 unspecified atom stereocenters. The van der Waals surface area contributed by atoms with Gasteiger partial charge in [0.05, 0.1) is 19.0 Å². The van der Waals surface area contributed by atoms with E-state index >= 15 is 0 Å². The minimum atomic E-state index is -0.350. The Morgan fingerprint density at radius 1 is 1.11 bits per heavy atom. The fourth-order valence-corrected chi connectivity index (χ4v) is 1.45. The lowest BCUT2D eigenvalue weighted by Gasteiger charge is -2.08. The van der Waals surface area contributed by atoms with E-state index in [9.17, 15) is 4.79 Å². The van der Waals surface area contributed by atoms with Crippen molar-refractivity contribution in [3.63, 3.8) is 0 Å². The number of anilines is 3. The number of nitrogens with zero attached hydrogens (tertiary/aromatic N) is 1. The summed E-state index contributed by atoms with van der Waals surface area (Å²) in [6.07, 6.45) is 1.49. The number of methoxy groups -OCH3 is 1. The highest BCUT2D eigenvalue weighted by Gasteiger charge is 2.03. The molecule has 0 aliphatic carbocycles. The van der Waals surface area contributed by atoms with Crippen molar-refractivity contribution in [1.29, 1.82) is 0 Å². The minimum absolute atomic E-state index is 0.350. The van der Waals surface area contributed by atoms with Gasteiger partial charge in [0, 0.05) is 5.69 Å². The summed E-state index contributed by atoms with van der Waals surface area (Å²) in [7, 11) is 1.59. The third-order valence-electron chi connectivity index (χ3n) is 2.39. The Morgan fingerprint density at radius 2 is 1.74 bits per heavy atom. The lowest BCUT2D eigenvalue weighted by molar-refractivity contribution is 0.262. The van der Waals surface area contributed by atoms with Gasteiger partial charge in [0.1, 0.15) is 11.6 Å². The van der Waals surface area contributed by atoms with E-state index in [1.165, 1.54) is 6.20 Å². The average molecular weight is 258 g/mol. The van der Waals surface area contributed by atoms with Gasteiger partial charge < -0.3 is 21.1 Å². The predicted molar refractivity (Wildman–Crippen MR) is 74.3 cm³/mol. The number of ether oxygens (including phenoxy) is 1. The van der Waals surface area contributed by atoms with Crippen molar-refractivity contribution < 1.29 is 9.53 Å². The summed E-state index contributed by atoms with van der Waals surface area (Å²) < 4.78 is 5.03. The molecule has 0 saturated heterocycles. The molecule has 19 heavy (non-hydrogen) atoms. The quantitative estimate of drug-likeness (QED) is 0.788. The summed E-state index contributed by atoms with van der Waals surface area (Å²) in [5.74, 6) is 1.13. The highest BCUT2D eigenvalue weighted by molar-refractivity contribution is 5.99. The molecule has 0 aliphatic heterocycles. The molecule has 1 aromatic carbocycles. The molecule has 2 aromatic rings. The van der Waals surface area contributed by atoms with Crippen molar-refractivity contribution in [3.05, 3.63) is 42.6 Å². The van der Waals surface area contributed by atoms with Crippen LogP contribution in [0.4, 0.5) is 22.0 Å². The number of carbonyl (C=O) groups is 1. The van der Waals surface area contributed by atoms with Crippen LogP contribution in [0.15, 0.2) is 42.6 Å². The Hall–Kier alpha value is -2.76. The maximum absolute atomic E-state index is 11.7. The Labute approximate surface area is 110 Å². The van der Waals surface area contributed by atoms with Gasteiger partial charge in [-0.15, -0.1) is 0 Å². The average Bonchev–Trinajstić information content (AvgIpc) is 2.42. The number of aromatic nitrogens is 1. The third-order valence-corrected chi connectivity index (χ3v) is 2.39. The number of pyridine rings is 1. The standard InChI is InChI=1S/C13H14N4O2/c1-19-11-5-2-9(3-6-11)16-13(18)17-10-4-7-12(14)15-8-10/h2-8H,1H3,(H2,14,15)(H2,16,17,18). The molecule has 0 radical (unpaired) electrons. The molecule has 2 rings (SSSR count). The fourth-order valence-electron chi connectivity index (χ4n) is 1.45. The van der Waals surface area contributed by atoms with Crippen LogP contribution >= 0.6 is 0 Å². The fraction of sp³-hybridized carbons (Fsp3) is 0.0769. The molecule has 1 heterocycles. The zero-order valence-electron chi connectivity index (χ0n) is 10.4. The Bertz CT molecular complexity index is 552. The maximum Gasteiger partial charge on any atom is 0.323 e. The first-order valence-electron chi connectivity index (χ1n) is 5.61.